The predicted molar refractivity (Wildman–Crippen MR) is 102 cm³/mol. The number of amides is 1. The molecule has 2 rings (SSSR count). The number of rotatable bonds is 5. The molecular weight excluding hydrogens is 368 g/mol. The molecule has 0 saturated carbocycles. The molecule has 156 valence electrons. The van der Waals surface area contributed by atoms with Crippen LogP contribution in [0.1, 0.15) is 30.6 Å². The zero-order valence-electron chi connectivity index (χ0n) is 16.7. The highest BCUT2D eigenvalue weighted by Gasteiger charge is 2.24. The van der Waals surface area contributed by atoms with Gasteiger partial charge in [0, 0.05) is 43.9 Å². The van der Waals surface area contributed by atoms with Crippen LogP contribution < -0.4 is 9.47 Å². The van der Waals surface area contributed by atoms with Crippen molar-refractivity contribution in [2.45, 2.75) is 26.3 Å². The van der Waals surface area contributed by atoms with Crippen molar-refractivity contribution in [3.63, 3.8) is 0 Å². The molecule has 1 aromatic carbocycles. The second-order valence-electron chi connectivity index (χ2n) is 6.30. The molecule has 1 aromatic rings. The summed E-state index contributed by atoms with van der Waals surface area (Å²) in [5.74, 6) is -2.33. The van der Waals surface area contributed by atoms with E-state index in [2.05, 4.69) is 18.7 Å². The minimum Gasteiger partial charge on any atom is -0.497 e. The van der Waals surface area contributed by atoms with Gasteiger partial charge in [-0.15, -0.1) is 0 Å². The van der Waals surface area contributed by atoms with Gasteiger partial charge in [0.1, 0.15) is 11.5 Å². The first-order valence-electron chi connectivity index (χ1n) is 8.96. The minimum absolute atomic E-state index is 0.0426. The lowest BCUT2D eigenvalue weighted by atomic mass is 10.1. The second-order valence-corrected chi connectivity index (χ2v) is 6.30. The fraction of sp³-hybridized carbons (Fsp3) is 0.526. The van der Waals surface area contributed by atoms with Crippen molar-refractivity contribution < 1.29 is 34.1 Å². The predicted octanol–water partition coefficient (Wildman–Crippen LogP) is 1.42. The summed E-state index contributed by atoms with van der Waals surface area (Å²) in [4.78, 5) is 35.2. The third-order valence-corrected chi connectivity index (χ3v) is 4.60. The maximum Gasteiger partial charge on any atom is 0.414 e. The van der Waals surface area contributed by atoms with Gasteiger partial charge < -0.3 is 24.6 Å². The number of carbonyl (C=O) groups is 3. The quantitative estimate of drug-likeness (QED) is 0.718. The van der Waals surface area contributed by atoms with E-state index in [1.165, 1.54) is 0 Å². The maximum absolute atomic E-state index is 12.7. The Balaban J connectivity index is 0.000000568. The molecule has 1 atom stereocenters. The fourth-order valence-corrected chi connectivity index (χ4v) is 2.74. The Morgan fingerprint density at radius 1 is 0.964 bits per heavy atom. The first kappa shape index (κ1) is 23.2. The van der Waals surface area contributed by atoms with Crippen LogP contribution in [0.5, 0.6) is 11.5 Å². The molecule has 1 aliphatic heterocycles. The number of methoxy groups -OCH3 is 2. The molecule has 1 unspecified atom stereocenters. The molecule has 1 aliphatic rings. The number of ether oxygens (including phenoxy) is 2. The summed E-state index contributed by atoms with van der Waals surface area (Å²) in [6.45, 7) is 7.84. The van der Waals surface area contributed by atoms with Crippen molar-refractivity contribution in [2.24, 2.45) is 0 Å². The van der Waals surface area contributed by atoms with Gasteiger partial charge in [0.05, 0.1) is 14.2 Å². The average Bonchev–Trinajstić information content (AvgIpc) is 2.72. The lowest BCUT2D eigenvalue weighted by Crippen LogP contribution is -2.51. The first-order valence-corrected chi connectivity index (χ1v) is 8.96. The van der Waals surface area contributed by atoms with E-state index >= 15 is 0 Å². The maximum atomic E-state index is 12.7. The Morgan fingerprint density at radius 3 is 1.79 bits per heavy atom. The zero-order valence-corrected chi connectivity index (χ0v) is 16.7. The molecule has 9 heteroatoms. The number of benzene rings is 1. The number of nitrogens with zero attached hydrogens (tertiary/aromatic N) is 2. The Kier molecular flexibility index (Phi) is 9.23. The Bertz CT molecular complexity index is 651. The Labute approximate surface area is 164 Å². The van der Waals surface area contributed by atoms with Crippen molar-refractivity contribution in [3.05, 3.63) is 23.8 Å². The van der Waals surface area contributed by atoms with Crippen LogP contribution >= 0.6 is 0 Å². The standard InChI is InChI=1S/C17H26N2O3.C2H2O4/c1-5-13(2)18-6-8-19(9-7-18)17(20)14-10-15(21-3)12-16(11-14)22-4;3-1(4)2(5)6/h10-13H,5-9H2,1-4H3;(H,3,4)(H,5,6). The van der Waals surface area contributed by atoms with Gasteiger partial charge >= 0.3 is 11.9 Å². The molecule has 0 spiro atoms. The molecular formula is C19H28N2O7. The van der Waals surface area contributed by atoms with Gasteiger partial charge in [0.25, 0.3) is 5.91 Å². The van der Waals surface area contributed by atoms with Crippen LogP contribution in [-0.4, -0.2) is 84.3 Å². The summed E-state index contributed by atoms with van der Waals surface area (Å²) in [5, 5.41) is 14.8. The monoisotopic (exact) mass is 396 g/mol. The highest BCUT2D eigenvalue weighted by Crippen LogP contribution is 2.24. The van der Waals surface area contributed by atoms with Crippen LogP contribution in [0.2, 0.25) is 0 Å². The lowest BCUT2D eigenvalue weighted by molar-refractivity contribution is -0.159. The summed E-state index contributed by atoms with van der Waals surface area (Å²) < 4.78 is 10.5. The van der Waals surface area contributed by atoms with E-state index in [1.807, 2.05) is 4.90 Å². The molecule has 0 aliphatic carbocycles. The van der Waals surface area contributed by atoms with Crippen LogP contribution in [0.3, 0.4) is 0 Å². The van der Waals surface area contributed by atoms with Gasteiger partial charge in [0.15, 0.2) is 0 Å². The van der Waals surface area contributed by atoms with Crippen molar-refractivity contribution >= 4 is 17.8 Å². The van der Waals surface area contributed by atoms with E-state index in [0.717, 1.165) is 32.6 Å². The Hall–Kier alpha value is -2.81. The second kappa shape index (κ2) is 11.1. The number of carbonyl (C=O) groups excluding carboxylic acids is 1. The van der Waals surface area contributed by atoms with E-state index in [1.54, 1.807) is 32.4 Å². The van der Waals surface area contributed by atoms with Crippen molar-refractivity contribution in [2.75, 3.05) is 40.4 Å². The molecule has 1 heterocycles. The molecule has 9 nitrogen and oxygen atoms in total. The van der Waals surface area contributed by atoms with Crippen molar-refractivity contribution in [1.29, 1.82) is 0 Å². The van der Waals surface area contributed by atoms with Crippen molar-refractivity contribution in [3.8, 4) is 11.5 Å². The first-order chi connectivity index (χ1) is 13.2. The third kappa shape index (κ3) is 6.73. The normalized spacial score (nSPS) is 15.1. The molecule has 1 fully saturated rings. The number of hydrogen-bond donors (Lipinski definition) is 2. The number of aliphatic carboxylic acids is 2. The van der Waals surface area contributed by atoms with Crippen LogP contribution in [0.25, 0.3) is 0 Å². The number of piperazine rings is 1. The molecule has 0 bridgehead atoms. The number of carboxylic acid groups (broad SMARTS) is 2. The van der Waals surface area contributed by atoms with Gasteiger partial charge in [-0.1, -0.05) is 6.92 Å². The summed E-state index contributed by atoms with van der Waals surface area (Å²) in [7, 11) is 3.18. The summed E-state index contributed by atoms with van der Waals surface area (Å²) in [5.41, 5.74) is 0.619. The smallest absolute Gasteiger partial charge is 0.414 e. The largest absolute Gasteiger partial charge is 0.497 e. The van der Waals surface area contributed by atoms with Gasteiger partial charge in [-0.25, -0.2) is 9.59 Å². The van der Waals surface area contributed by atoms with E-state index in [0.29, 0.717) is 23.1 Å². The van der Waals surface area contributed by atoms with Gasteiger partial charge in [-0.05, 0) is 25.5 Å². The van der Waals surface area contributed by atoms with Gasteiger partial charge in [-0.2, -0.15) is 0 Å². The fourth-order valence-electron chi connectivity index (χ4n) is 2.74. The van der Waals surface area contributed by atoms with E-state index < -0.39 is 11.9 Å². The minimum atomic E-state index is -1.82. The highest BCUT2D eigenvalue weighted by molar-refractivity contribution is 6.27. The molecule has 0 radical (unpaired) electrons. The summed E-state index contributed by atoms with van der Waals surface area (Å²) in [6.07, 6.45) is 1.14. The molecule has 1 amide bonds. The van der Waals surface area contributed by atoms with Crippen LogP contribution in [0, 0.1) is 0 Å². The number of hydrogen-bond acceptors (Lipinski definition) is 6. The highest BCUT2D eigenvalue weighted by atomic mass is 16.5. The lowest BCUT2D eigenvalue weighted by Gasteiger charge is -2.37. The average molecular weight is 396 g/mol. The molecule has 0 aromatic heterocycles. The van der Waals surface area contributed by atoms with Crippen LogP contribution in [-0.2, 0) is 9.59 Å². The van der Waals surface area contributed by atoms with Crippen molar-refractivity contribution in [1.82, 2.24) is 9.80 Å². The molecule has 1 saturated heterocycles. The summed E-state index contributed by atoms with van der Waals surface area (Å²) in [6, 6.07) is 5.89. The zero-order chi connectivity index (χ0) is 21.3. The summed E-state index contributed by atoms with van der Waals surface area (Å²) >= 11 is 0. The van der Waals surface area contributed by atoms with E-state index in [9.17, 15) is 4.79 Å². The third-order valence-electron chi connectivity index (χ3n) is 4.60. The number of carboxylic acids is 2. The van der Waals surface area contributed by atoms with Crippen LogP contribution in [0.4, 0.5) is 0 Å². The molecule has 2 N–H and O–H groups in total. The van der Waals surface area contributed by atoms with Gasteiger partial charge in [-0.3, -0.25) is 9.69 Å². The topological polar surface area (TPSA) is 117 Å². The molecule has 28 heavy (non-hydrogen) atoms. The van der Waals surface area contributed by atoms with E-state index in [-0.39, 0.29) is 5.91 Å². The van der Waals surface area contributed by atoms with E-state index in [4.69, 9.17) is 29.3 Å². The van der Waals surface area contributed by atoms with Crippen LogP contribution in [0.15, 0.2) is 18.2 Å². The SMILES string of the molecule is CCC(C)N1CCN(C(=O)c2cc(OC)cc(OC)c2)CC1.O=C(O)C(=O)O. The Morgan fingerprint density at radius 2 is 1.43 bits per heavy atom. The van der Waals surface area contributed by atoms with Gasteiger partial charge in [0.2, 0.25) is 0 Å².